The zero-order valence-corrected chi connectivity index (χ0v) is 27.6. The van der Waals surface area contributed by atoms with Crippen LogP contribution in [-0.4, -0.2) is 34.6 Å². The number of halogens is 6. The highest BCUT2D eigenvalue weighted by Crippen LogP contribution is 2.68. The highest BCUT2D eigenvalue weighted by molar-refractivity contribution is 8.00. The third-order valence-electron chi connectivity index (χ3n) is 10.2. The second-order valence-corrected chi connectivity index (χ2v) is 15.2. The van der Waals surface area contributed by atoms with Gasteiger partial charge < -0.3 is 15.0 Å². The van der Waals surface area contributed by atoms with Gasteiger partial charge in [-0.05, 0) is 78.3 Å². The van der Waals surface area contributed by atoms with Crippen molar-refractivity contribution in [3.8, 4) is 5.75 Å². The molecule has 1 aromatic heterocycles. The molecule has 16 heteroatoms. The van der Waals surface area contributed by atoms with Crippen molar-refractivity contribution in [2.24, 2.45) is 29.6 Å². The third-order valence-corrected chi connectivity index (χ3v) is 12.8. The summed E-state index contributed by atoms with van der Waals surface area (Å²) in [5.74, 6) is -3.78. The third kappa shape index (κ3) is 5.72. The molecule has 3 heterocycles. The van der Waals surface area contributed by atoms with Gasteiger partial charge >= 0.3 is 17.2 Å². The first kappa shape index (κ1) is 33.6. The molecular formula is C35H25F6N3O5S2. The lowest BCUT2D eigenvalue weighted by Crippen LogP contribution is -2.42. The second-order valence-electron chi connectivity index (χ2n) is 13.0. The van der Waals surface area contributed by atoms with E-state index in [2.05, 4.69) is 10.3 Å². The molecule has 8 rings (SSSR count). The molecule has 7 atom stereocenters. The molecule has 264 valence electrons. The number of rotatable bonds is 6. The van der Waals surface area contributed by atoms with Crippen LogP contribution in [0.4, 0.5) is 37.7 Å². The number of carbonyl (C=O) groups is 3. The number of nitrogens with zero attached hydrogens (tertiary/aromatic N) is 1. The van der Waals surface area contributed by atoms with Gasteiger partial charge in [-0.25, -0.2) is 0 Å². The highest BCUT2D eigenvalue weighted by Gasteiger charge is 2.69. The van der Waals surface area contributed by atoms with Crippen molar-refractivity contribution in [3.63, 3.8) is 0 Å². The number of amides is 3. The van der Waals surface area contributed by atoms with Gasteiger partial charge in [-0.3, -0.25) is 24.1 Å². The van der Waals surface area contributed by atoms with E-state index in [4.69, 9.17) is 4.74 Å². The van der Waals surface area contributed by atoms with Crippen LogP contribution in [0.2, 0.25) is 0 Å². The maximum absolute atomic E-state index is 13.9. The number of imide groups is 1. The summed E-state index contributed by atoms with van der Waals surface area (Å²) in [6, 6.07) is 15.3. The molecule has 2 bridgehead atoms. The average molecular weight is 746 g/mol. The van der Waals surface area contributed by atoms with Gasteiger partial charge in [-0.15, -0.1) is 11.8 Å². The number of thioether (sulfide) groups is 1. The maximum Gasteiger partial charge on any atom is 0.416 e. The van der Waals surface area contributed by atoms with E-state index in [9.17, 15) is 45.5 Å². The summed E-state index contributed by atoms with van der Waals surface area (Å²) in [5, 5.41) is 2.92. The molecule has 51 heavy (non-hydrogen) atoms. The van der Waals surface area contributed by atoms with Crippen LogP contribution in [0.3, 0.4) is 0 Å². The van der Waals surface area contributed by atoms with Crippen molar-refractivity contribution < 1.29 is 45.5 Å². The minimum Gasteiger partial charge on any atom is -0.484 e. The van der Waals surface area contributed by atoms with Gasteiger partial charge in [0.25, 0.3) is 5.91 Å². The number of H-pyrrole nitrogens is 1. The lowest BCUT2D eigenvalue weighted by atomic mass is 9.68. The van der Waals surface area contributed by atoms with Crippen molar-refractivity contribution in [2.45, 2.75) is 35.0 Å². The first-order chi connectivity index (χ1) is 24.2. The van der Waals surface area contributed by atoms with Crippen LogP contribution < -0.4 is 19.8 Å². The van der Waals surface area contributed by atoms with Gasteiger partial charge in [0, 0.05) is 21.7 Å². The summed E-state index contributed by atoms with van der Waals surface area (Å²) >= 11 is 2.54. The van der Waals surface area contributed by atoms with Crippen molar-refractivity contribution in [2.75, 3.05) is 16.8 Å². The topological polar surface area (TPSA) is 109 Å². The van der Waals surface area contributed by atoms with Crippen LogP contribution >= 0.6 is 23.1 Å². The van der Waals surface area contributed by atoms with Gasteiger partial charge in [0.1, 0.15) is 5.75 Å². The molecule has 2 aliphatic carbocycles. The fraction of sp³-hybridized carbons (Fsp3) is 0.314. The Morgan fingerprint density at radius 2 is 1.51 bits per heavy atom. The molecular weight excluding hydrogens is 721 g/mol. The molecule has 2 saturated carbocycles. The van der Waals surface area contributed by atoms with Gasteiger partial charge in [0.15, 0.2) is 6.61 Å². The van der Waals surface area contributed by atoms with E-state index < -0.39 is 59.6 Å². The predicted molar refractivity (Wildman–Crippen MR) is 174 cm³/mol. The van der Waals surface area contributed by atoms with Crippen molar-refractivity contribution in [3.05, 3.63) is 104 Å². The Balaban J connectivity index is 1.03. The largest absolute Gasteiger partial charge is 0.484 e. The molecule has 4 unspecified atom stereocenters. The molecule has 0 spiro atoms. The fourth-order valence-corrected chi connectivity index (χ4v) is 11.2. The fourth-order valence-electron chi connectivity index (χ4n) is 8.36. The van der Waals surface area contributed by atoms with Crippen LogP contribution in [0.15, 0.2) is 82.6 Å². The standard InChI is InChI=1S/C35H25F6N3O5S2/c36-34(37,38)16-3-1-5-18(11-16)42-23(45)14-49-20-9-7-15(8-10-20)24-25-21-13-22(28(25)50-30-29(24)51-33(48)43-30)27-26(21)31(46)44(32(27)47)19-6-2-4-17(12-19)35(39,40)41/h1-12,21-22,24-28H,13-14H2,(H,42,45)(H,43,48)/t21-,22-,24-,25?,26?,27?,28?/m1/s1. The number of aromatic amines is 1. The number of nitrogens with one attached hydrogen (secondary N) is 2. The average Bonchev–Trinajstić information content (AvgIpc) is 3.82. The zero-order valence-electron chi connectivity index (χ0n) is 26.0. The first-order valence-electron chi connectivity index (χ1n) is 15.8. The number of ether oxygens (including phenoxy) is 1. The number of hydrogen-bond donors (Lipinski definition) is 2. The Morgan fingerprint density at radius 3 is 2.20 bits per heavy atom. The number of hydrogen-bond acceptors (Lipinski definition) is 7. The Labute approximate surface area is 293 Å². The summed E-state index contributed by atoms with van der Waals surface area (Å²) in [7, 11) is 0. The lowest BCUT2D eigenvalue weighted by Gasteiger charge is -2.43. The summed E-state index contributed by atoms with van der Waals surface area (Å²) in [6.45, 7) is -0.477. The summed E-state index contributed by atoms with van der Waals surface area (Å²) in [6.07, 6.45) is -8.63. The van der Waals surface area contributed by atoms with Gasteiger partial charge in [-0.1, -0.05) is 35.6 Å². The molecule has 1 saturated heterocycles. The molecule has 2 N–H and O–H groups in total. The highest BCUT2D eigenvalue weighted by atomic mass is 32.2. The van der Waals surface area contributed by atoms with Crippen molar-refractivity contribution in [1.29, 1.82) is 0 Å². The maximum atomic E-state index is 13.9. The Bertz CT molecular complexity index is 2130. The number of carbonyl (C=O) groups excluding carboxylic acids is 3. The first-order valence-corrected chi connectivity index (χ1v) is 17.5. The molecule has 0 radical (unpaired) electrons. The summed E-state index contributed by atoms with van der Waals surface area (Å²) in [4.78, 5) is 57.1. The predicted octanol–water partition coefficient (Wildman–Crippen LogP) is 7.17. The summed E-state index contributed by atoms with van der Waals surface area (Å²) < 4.78 is 85.2. The van der Waals surface area contributed by atoms with Crippen LogP contribution in [-0.2, 0) is 26.7 Å². The normalized spacial score (nSPS) is 26.5. The minimum atomic E-state index is -4.65. The number of benzene rings is 3. The monoisotopic (exact) mass is 745 g/mol. The van der Waals surface area contributed by atoms with E-state index in [1.54, 1.807) is 24.3 Å². The van der Waals surface area contributed by atoms with Crippen LogP contribution in [0.1, 0.15) is 33.9 Å². The number of alkyl halides is 6. The van der Waals surface area contributed by atoms with E-state index in [0.29, 0.717) is 17.2 Å². The zero-order chi connectivity index (χ0) is 36.0. The Hall–Kier alpha value is -4.57. The van der Waals surface area contributed by atoms with Gasteiger partial charge in [0.05, 0.1) is 33.7 Å². The Morgan fingerprint density at radius 1 is 0.863 bits per heavy atom. The number of aromatic nitrogens is 1. The van der Waals surface area contributed by atoms with Crippen molar-refractivity contribution in [1.82, 2.24) is 4.98 Å². The second kappa shape index (κ2) is 12.0. The molecule has 2 aliphatic heterocycles. The van der Waals surface area contributed by atoms with E-state index in [0.717, 1.165) is 50.9 Å². The quantitative estimate of drug-likeness (QED) is 0.160. The van der Waals surface area contributed by atoms with E-state index in [1.165, 1.54) is 36.0 Å². The van der Waals surface area contributed by atoms with Gasteiger partial charge in [0.2, 0.25) is 11.8 Å². The number of fused-ring (bicyclic) bond motifs is 9. The van der Waals surface area contributed by atoms with E-state index in [-0.39, 0.29) is 45.2 Å². The lowest BCUT2D eigenvalue weighted by molar-refractivity contribution is -0.138. The minimum absolute atomic E-state index is 0.0340. The molecule has 8 nitrogen and oxygen atoms in total. The molecule has 3 amide bonds. The number of anilines is 2. The molecule has 3 aromatic carbocycles. The van der Waals surface area contributed by atoms with Crippen molar-refractivity contribution >= 4 is 52.2 Å². The van der Waals surface area contributed by atoms with Crippen LogP contribution in [0.25, 0.3) is 0 Å². The summed E-state index contributed by atoms with van der Waals surface area (Å²) in [5.41, 5.74) is -1.20. The molecule has 3 fully saturated rings. The molecule has 4 aliphatic rings. The smallest absolute Gasteiger partial charge is 0.416 e. The number of thiazole rings is 1. The SMILES string of the molecule is O=C(COc1ccc([C@H]2c3sc(=O)[nH]c3SC3C2[C@H]2C[C@@H]3C3C(=O)N(c4cccc(C(F)(F)F)c4)C(=O)C32)cc1)Nc1cccc(C(F)(F)F)c1. The van der Waals surface area contributed by atoms with Crippen LogP contribution in [0.5, 0.6) is 5.75 Å². The van der Waals surface area contributed by atoms with Gasteiger partial charge in [-0.2, -0.15) is 26.3 Å². The van der Waals surface area contributed by atoms with Crippen LogP contribution in [0, 0.1) is 29.6 Å². The Kier molecular flexibility index (Phi) is 7.90. The van der Waals surface area contributed by atoms with E-state index >= 15 is 0 Å². The van der Waals surface area contributed by atoms with E-state index in [1.807, 2.05) is 0 Å². The molecule has 4 aromatic rings.